The van der Waals surface area contributed by atoms with Crippen molar-refractivity contribution < 1.29 is 28.7 Å². The van der Waals surface area contributed by atoms with Gasteiger partial charge in [-0.2, -0.15) is 0 Å². The van der Waals surface area contributed by atoms with Crippen molar-refractivity contribution in [2.24, 2.45) is 0 Å². The van der Waals surface area contributed by atoms with Gasteiger partial charge in [-0.3, -0.25) is 24.1 Å². The summed E-state index contributed by atoms with van der Waals surface area (Å²) in [6, 6.07) is 0. The zero-order chi connectivity index (χ0) is 17.8. The van der Waals surface area contributed by atoms with Crippen LogP contribution in [0.3, 0.4) is 0 Å². The maximum atomic E-state index is 11.6. The van der Waals surface area contributed by atoms with Crippen molar-refractivity contribution in [2.45, 2.75) is 13.3 Å². The van der Waals surface area contributed by atoms with Gasteiger partial charge in [0.05, 0.1) is 26.4 Å². The van der Waals surface area contributed by atoms with E-state index in [0.29, 0.717) is 32.8 Å². The number of nitrogens with zero attached hydrogens (tertiary/aromatic N) is 1. The van der Waals surface area contributed by atoms with E-state index >= 15 is 0 Å². The lowest BCUT2D eigenvalue weighted by molar-refractivity contribution is -0.141. The molecule has 1 rings (SSSR count). The van der Waals surface area contributed by atoms with E-state index in [2.05, 4.69) is 10.6 Å². The van der Waals surface area contributed by atoms with Crippen LogP contribution in [-0.2, 0) is 28.7 Å². The van der Waals surface area contributed by atoms with Crippen LogP contribution < -0.4 is 10.6 Å². The van der Waals surface area contributed by atoms with Crippen molar-refractivity contribution in [3.63, 3.8) is 0 Å². The summed E-state index contributed by atoms with van der Waals surface area (Å²) in [4.78, 5) is 46.1. The van der Waals surface area contributed by atoms with Crippen molar-refractivity contribution >= 4 is 23.6 Å². The van der Waals surface area contributed by atoms with Gasteiger partial charge in [0.25, 0.3) is 11.8 Å². The van der Waals surface area contributed by atoms with Gasteiger partial charge in [0.1, 0.15) is 6.54 Å². The molecule has 0 fully saturated rings. The second-order valence-electron chi connectivity index (χ2n) is 4.87. The summed E-state index contributed by atoms with van der Waals surface area (Å²) in [5.74, 6) is -1.46. The number of carbonyl (C=O) groups excluding carboxylic acids is 4. The molecular weight excluding hydrogens is 318 g/mol. The number of rotatable bonds is 12. The van der Waals surface area contributed by atoms with Crippen molar-refractivity contribution in [1.82, 2.24) is 15.5 Å². The van der Waals surface area contributed by atoms with E-state index in [1.807, 2.05) is 6.92 Å². The summed E-state index contributed by atoms with van der Waals surface area (Å²) in [6.07, 6.45) is 2.57. The van der Waals surface area contributed by atoms with Crippen molar-refractivity contribution in [3.05, 3.63) is 12.2 Å². The first-order valence-electron chi connectivity index (χ1n) is 7.77. The molecule has 2 N–H and O–H groups in total. The zero-order valence-corrected chi connectivity index (χ0v) is 13.7. The summed E-state index contributed by atoms with van der Waals surface area (Å²) in [6.45, 7) is 3.74. The summed E-state index contributed by atoms with van der Waals surface area (Å²) >= 11 is 0. The second kappa shape index (κ2) is 11.3. The van der Waals surface area contributed by atoms with Gasteiger partial charge >= 0.3 is 0 Å². The Kier molecular flexibility index (Phi) is 9.32. The van der Waals surface area contributed by atoms with E-state index in [1.54, 1.807) is 0 Å². The van der Waals surface area contributed by atoms with Crippen LogP contribution in [0.1, 0.15) is 13.3 Å². The Bertz CT molecular complexity index is 474. The van der Waals surface area contributed by atoms with Gasteiger partial charge < -0.3 is 20.1 Å². The summed E-state index contributed by atoms with van der Waals surface area (Å²) in [7, 11) is 0. The topological polar surface area (TPSA) is 114 Å². The first-order chi connectivity index (χ1) is 11.5. The number of imide groups is 1. The molecule has 0 bridgehead atoms. The van der Waals surface area contributed by atoms with Gasteiger partial charge in [-0.15, -0.1) is 0 Å². The third-order valence-electron chi connectivity index (χ3n) is 2.99. The molecule has 0 aromatic heterocycles. The van der Waals surface area contributed by atoms with E-state index < -0.39 is 17.7 Å². The quantitative estimate of drug-likeness (QED) is 0.333. The molecule has 0 unspecified atom stereocenters. The fourth-order valence-corrected chi connectivity index (χ4v) is 1.82. The van der Waals surface area contributed by atoms with Crippen LogP contribution in [-0.4, -0.2) is 74.6 Å². The Morgan fingerprint density at radius 3 is 2.21 bits per heavy atom. The van der Waals surface area contributed by atoms with Crippen LogP contribution in [0, 0.1) is 0 Å². The molecule has 1 aliphatic heterocycles. The summed E-state index contributed by atoms with van der Waals surface area (Å²) < 4.78 is 10.5. The Morgan fingerprint density at radius 1 is 0.958 bits per heavy atom. The van der Waals surface area contributed by atoms with E-state index in [-0.39, 0.29) is 25.6 Å². The minimum Gasteiger partial charge on any atom is -0.379 e. The van der Waals surface area contributed by atoms with E-state index in [0.717, 1.165) is 17.1 Å². The number of amides is 4. The molecule has 0 aromatic carbocycles. The van der Waals surface area contributed by atoms with E-state index in [4.69, 9.17) is 9.47 Å². The lowest BCUT2D eigenvalue weighted by atomic mass is 10.4. The molecule has 0 atom stereocenters. The third kappa shape index (κ3) is 7.84. The monoisotopic (exact) mass is 341 g/mol. The molecule has 9 nitrogen and oxygen atoms in total. The van der Waals surface area contributed by atoms with E-state index in [1.165, 1.54) is 0 Å². The third-order valence-corrected chi connectivity index (χ3v) is 2.99. The Balaban J connectivity index is 1.93. The SMILES string of the molecule is CCNC(=O)CCOCCOCCNC(=O)CN1C(=O)C=CC1=O. The standard InChI is InChI=1S/C15H23N3O6/c1-2-16-12(19)5-7-23-9-10-24-8-6-17-13(20)11-18-14(21)3-4-15(18)22/h3-4H,2,5-11H2,1H3,(H,16,19)(H,17,20). The van der Waals surface area contributed by atoms with Crippen LogP contribution in [0.5, 0.6) is 0 Å². The highest BCUT2D eigenvalue weighted by Gasteiger charge is 2.25. The van der Waals surface area contributed by atoms with Gasteiger partial charge in [0.2, 0.25) is 11.8 Å². The maximum absolute atomic E-state index is 11.6. The first-order valence-corrected chi connectivity index (χ1v) is 7.77. The molecule has 0 saturated carbocycles. The van der Waals surface area contributed by atoms with Gasteiger partial charge in [-0.1, -0.05) is 0 Å². The van der Waals surface area contributed by atoms with Gasteiger partial charge in [0, 0.05) is 31.7 Å². The Labute approximate surface area is 140 Å². The van der Waals surface area contributed by atoms with Gasteiger partial charge in [0.15, 0.2) is 0 Å². The summed E-state index contributed by atoms with van der Waals surface area (Å²) in [5, 5.41) is 5.22. The number of ether oxygens (including phenoxy) is 2. The summed E-state index contributed by atoms with van der Waals surface area (Å²) in [5.41, 5.74) is 0. The predicted molar refractivity (Wildman–Crippen MR) is 83.8 cm³/mol. The molecule has 24 heavy (non-hydrogen) atoms. The molecule has 1 aliphatic rings. The molecule has 4 amide bonds. The maximum Gasteiger partial charge on any atom is 0.254 e. The Morgan fingerprint density at radius 2 is 1.58 bits per heavy atom. The van der Waals surface area contributed by atoms with Gasteiger partial charge in [-0.05, 0) is 6.92 Å². The van der Waals surface area contributed by atoms with Crippen molar-refractivity contribution in [1.29, 1.82) is 0 Å². The predicted octanol–water partition coefficient (Wildman–Crippen LogP) is -1.41. The first kappa shape index (κ1) is 19.8. The van der Waals surface area contributed by atoms with Gasteiger partial charge in [-0.25, -0.2) is 0 Å². The largest absolute Gasteiger partial charge is 0.379 e. The van der Waals surface area contributed by atoms with Crippen LogP contribution in [0.25, 0.3) is 0 Å². The molecule has 0 spiro atoms. The molecule has 1 heterocycles. The number of carbonyl (C=O) groups is 4. The number of hydrogen-bond donors (Lipinski definition) is 2. The molecular formula is C15H23N3O6. The smallest absolute Gasteiger partial charge is 0.254 e. The number of hydrogen-bond acceptors (Lipinski definition) is 6. The minimum absolute atomic E-state index is 0.0497. The molecule has 9 heteroatoms. The zero-order valence-electron chi connectivity index (χ0n) is 13.7. The molecule has 0 aliphatic carbocycles. The Hall–Kier alpha value is -2.26. The van der Waals surface area contributed by atoms with Crippen LogP contribution >= 0.6 is 0 Å². The minimum atomic E-state index is -0.490. The molecule has 0 saturated heterocycles. The highest BCUT2D eigenvalue weighted by molar-refractivity contribution is 6.14. The molecule has 134 valence electrons. The highest BCUT2D eigenvalue weighted by Crippen LogP contribution is 2.01. The van der Waals surface area contributed by atoms with Crippen LogP contribution in [0.15, 0.2) is 12.2 Å². The highest BCUT2D eigenvalue weighted by atomic mass is 16.5. The lowest BCUT2D eigenvalue weighted by Crippen LogP contribution is -2.41. The van der Waals surface area contributed by atoms with Crippen LogP contribution in [0.4, 0.5) is 0 Å². The molecule has 0 aromatic rings. The second-order valence-corrected chi connectivity index (χ2v) is 4.87. The normalized spacial score (nSPS) is 13.5. The van der Waals surface area contributed by atoms with Crippen molar-refractivity contribution in [2.75, 3.05) is 46.1 Å². The van der Waals surface area contributed by atoms with E-state index in [9.17, 15) is 19.2 Å². The fraction of sp³-hybridized carbons (Fsp3) is 0.600. The van der Waals surface area contributed by atoms with Crippen molar-refractivity contribution in [3.8, 4) is 0 Å². The fourth-order valence-electron chi connectivity index (χ4n) is 1.82. The molecule has 0 radical (unpaired) electrons. The number of nitrogens with one attached hydrogen (secondary N) is 2. The average Bonchev–Trinajstić information content (AvgIpc) is 2.85. The average molecular weight is 341 g/mol. The lowest BCUT2D eigenvalue weighted by Gasteiger charge is -2.13. The van der Waals surface area contributed by atoms with Crippen LogP contribution in [0.2, 0.25) is 0 Å².